The van der Waals surface area contributed by atoms with Crippen molar-refractivity contribution in [1.29, 1.82) is 0 Å². The van der Waals surface area contributed by atoms with Gasteiger partial charge >= 0.3 is 6.01 Å². The second-order valence-corrected chi connectivity index (χ2v) is 11.9. The summed E-state index contributed by atoms with van der Waals surface area (Å²) in [7, 11) is 1.90. The zero-order valence-corrected chi connectivity index (χ0v) is 25.3. The van der Waals surface area contributed by atoms with Gasteiger partial charge < -0.3 is 24.9 Å². The molecule has 9 heteroatoms. The molecule has 4 aromatic rings. The Kier molecular flexibility index (Phi) is 8.39. The Balaban J connectivity index is 1.52. The van der Waals surface area contributed by atoms with E-state index in [2.05, 4.69) is 16.1 Å². The van der Waals surface area contributed by atoms with Crippen molar-refractivity contribution in [3.05, 3.63) is 53.3 Å². The minimum atomic E-state index is -0.496. The molecule has 44 heavy (non-hydrogen) atoms. The van der Waals surface area contributed by atoms with Gasteiger partial charge in [-0.05, 0) is 112 Å². The molecule has 0 bridgehead atoms. The van der Waals surface area contributed by atoms with Gasteiger partial charge in [0.15, 0.2) is 0 Å². The second-order valence-electron chi connectivity index (χ2n) is 11.9. The number of terminal acetylenes is 1. The van der Waals surface area contributed by atoms with Crippen molar-refractivity contribution in [3.63, 3.8) is 0 Å². The molecule has 2 aliphatic heterocycles. The van der Waals surface area contributed by atoms with Gasteiger partial charge in [0.1, 0.15) is 30.3 Å². The number of hydrogen-bond donors (Lipinski definition) is 2. The molecule has 3 heterocycles. The number of phenolic OH excluding ortho intramolecular Hbond substituents is 1. The maximum atomic E-state index is 14.9. The lowest BCUT2D eigenvalue weighted by atomic mass is 9.91. The van der Waals surface area contributed by atoms with Crippen LogP contribution in [0.1, 0.15) is 43.2 Å². The summed E-state index contributed by atoms with van der Waals surface area (Å²) in [5, 5.41) is 15.8. The quantitative estimate of drug-likeness (QED) is 0.139. The number of benzene rings is 3. The number of hydrogen-bond acceptors (Lipinski definition) is 8. The van der Waals surface area contributed by atoms with Crippen LogP contribution >= 0.6 is 0 Å². The highest BCUT2D eigenvalue weighted by molar-refractivity contribution is 6.05. The number of aldehydes is 1. The van der Waals surface area contributed by atoms with Crippen LogP contribution in [0.3, 0.4) is 0 Å². The number of anilines is 1. The molecule has 3 aromatic carbocycles. The average Bonchev–Trinajstić information content (AvgIpc) is 3.60. The molecule has 2 N–H and O–H groups in total. The average molecular weight is 596 g/mol. The Morgan fingerprint density at radius 1 is 1.18 bits per heavy atom. The molecule has 0 amide bonds. The van der Waals surface area contributed by atoms with Gasteiger partial charge in [0.2, 0.25) is 0 Å². The molecule has 0 unspecified atom stereocenters. The fourth-order valence-electron chi connectivity index (χ4n) is 7.15. The van der Waals surface area contributed by atoms with E-state index in [-0.39, 0.29) is 29.4 Å². The molecule has 0 spiro atoms. The summed E-state index contributed by atoms with van der Waals surface area (Å²) in [4.78, 5) is 26.1. The number of nitrogens with one attached hydrogen (secondary N) is 1. The number of carbonyl (C=O) groups excluding carboxylic acids is 1. The van der Waals surface area contributed by atoms with Crippen LogP contribution in [0.2, 0.25) is 0 Å². The molecule has 0 saturated carbocycles. The van der Waals surface area contributed by atoms with Gasteiger partial charge in [-0.2, -0.15) is 9.97 Å². The van der Waals surface area contributed by atoms with E-state index in [0.717, 1.165) is 74.5 Å². The van der Waals surface area contributed by atoms with Gasteiger partial charge in [0.05, 0.1) is 23.2 Å². The number of fused-ring (bicyclic) bond motifs is 3. The molecule has 6 rings (SSSR count). The number of phenols is 1. The molecular weight excluding hydrogens is 557 g/mol. The van der Waals surface area contributed by atoms with Crippen molar-refractivity contribution in [2.24, 2.45) is 0 Å². The maximum Gasteiger partial charge on any atom is 0.319 e. The first-order valence-electron chi connectivity index (χ1n) is 15.3. The van der Waals surface area contributed by atoms with Crippen molar-refractivity contribution in [2.75, 3.05) is 51.3 Å². The van der Waals surface area contributed by atoms with Crippen molar-refractivity contribution < 1.29 is 19.0 Å². The monoisotopic (exact) mass is 595 g/mol. The number of aromatic hydroxyl groups is 1. The normalized spacial score (nSPS) is 15.9. The van der Waals surface area contributed by atoms with E-state index in [0.29, 0.717) is 40.8 Å². The largest absolute Gasteiger partial charge is 0.508 e. The number of halogens is 1. The lowest BCUT2D eigenvalue weighted by molar-refractivity contribution is -0.106. The van der Waals surface area contributed by atoms with E-state index in [4.69, 9.17) is 21.1 Å². The highest BCUT2D eigenvalue weighted by Gasteiger charge is 2.45. The Labute approximate surface area is 257 Å². The molecule has 2 aliphatic rings. The van der Waals surface area contributed by atoms with Gasteiger partial charge in [-0.25, -0.2) is 4.39 Å². The van der Waals surface area contributed by atoms with Crippen LogP contribution in [0, 0.1) is 25.1 Å². The lowest BCUT2D eigenvalue weighted by Crippen LogP contribution is -2.43. The molecular formula is C35H38FN5O3. The first kappa shape index (κ1) is 29.8. The number of carbonyl (C=O) groups is 1. The Morgan fingerprint density at radius 3 is 2.70 bits per heavy atom. The number of nitrogens with zero attached hydrogens (tertiary/aromatic N) is 4. The van der Waals surface area contributed by atoms with Crippen LogP contribution in [0.4, 0.5) is 10.2 Å². The fraction of sp³-hybridized carbons (Fsp3) is 0.400. The Hall–Kier alpha value is -4.26. The lowest BCUT2D eigenvalue weighted by Gasteiger charge is -2.31. The summed E-state index contributed by atoms with van der Waals surface area (Å²) in [5.41, 5.74) is 2.99. The molecule has 0 atom stereocenters. The van der Waals surface area contributed by atoms with Crippen LogP contribution in [0.5, 0.6) is 11.8 Å². The predicted octanol–water partition coefficient (Wildman–Crippen LogP) is 5.21. The first-order chi connectivity index (χ1) is 21.4. The third kappa shape index (κ3) is 5.33. The van der Waals surface area contributed by atoms with E-state index in [1.807, 2.05) is 31.0 Å². The van der Waals surface area contributed by atoms with Gasteiger partial charge in [0.25, 0.3) is 0 Å². The van der Waals surface area contributed by atoms with Crippen LogP contribution < -0.4 is 15.0 Å². The summed E-state index contributed by atoms with van der Waals surface area (Å²) in [6.45, 7) is 6.22. The van der Waals surface area contributed by atoms with Crippen molar-refractivity contribution in [1.82, 2.24) is 20.2 Å². The second kappa shape index (κ2) is 12.4. The maximum absolute atomic E-state index is 14.9. The SMILES string of the molecule is C#Cc1c(F)ccc2cc(O)cc(-c3ccc4c(N(CC=O)CCCNC)nc(OCC56CCCN5CCC6)nc4c3C)c12. The van der Waals surface area contributed by atoms with Gasteiger partial charge in [-0.1, -0.05) is 18.1 Å². The molecule has 1 aromatic heterocycles. The summed E-state index contributed by atoms with van der Waals surface area (Å²) < 4.78 is 21.3. The number of ether oxygens (including phenoxy) is 1. The molecule has 228 valence electrons. The Morgan fingerprint density at radius 2 is 1.98 bits per heavy atom. The topological polar surface area (TPSA) is 90.8 Å². The first-order valence-corrected chi connectivity index (χ1v) is 15.3. The van der Waals surface area contributed by atoms with E-state index in [9.17, 15) is 14.3 Å². The summed E-state index contributed by atoms with van der Waals surface area (Å²) >= 11 is 0. The molecule has 0 aliphatic carbocycles. The minimum absolute atomic E-state index is 0.0147. The van der Waals surface area contributed by atoms with E-state index >= 15 is 0 Å². The Bertz CT molecular complexity index is 1760. The van der Waals surface area contributed by atoms with E-state index < -0.39 is 5.82 Å². The van der Waals surface area contributed by atoms with Crippen LogP contribution in [-0.2, 0) is 4.79 Å². The van der Waals surface area contributed by atoms with Crippen LogP contribution in [0.25, 0.3) is 32.8 Å². The van der Waals surface area contributed by atoms with E-state index in [1.165, 1.54) is 6.07 Å². The summed E-state index contributed by atoms with van der Waals surface area (Å²) in [5.74, 6) is 2.69. The van der Waals surface area contributed by atoms with Gasteiger partial charge in [-0.15, -0.1) is 6.42 Å². The zero-order valence-electron chi connectivity index (χ0n) is 25.3. The molecule has 2 saturated heterocycles. The van der Waals surface area contributed by atoms with Crippen LogP contribution in [0.15, 0.2) is 36.4 Å². The number of aromatic nitrogens is 2. The number of rotatable bonds is 11. The smallest absolute Gasteiger partial charge is 0.319 e. The predicted molar refractivity (Wildman–Crippen MR) is 172 cm³/mol. The molecule has 2 fully saturated rings. The van der Waals surface area contributed by atoms with Crippen molar-refractivity contribution in [2.45, 2.75) is 44.6 Å². The van der Waals surface area contributed by atoms with Crippen LogP contribution in [-0.4, -0.2) is 78.2 Å². The van der Waals surface area contributed by atoms with Gasteiger partial charge in [0, 0.05) is 17.3 Å². The highest BCUT2D eigenvalue weighted by atomic mass is 19.1. The highest BCUT2D eigenvalue weighted by Crippen LogP contribution is 2.41. The zero-order chi connectivity index (χ0) is 30.8. The third-order valence-electron chi connectivity index (χ3n) is 9.30. The standard InChI is InChI=1S/C35H38FN5O3/c1-4-26-30(36)11-8-24-20-25(43)21-29(31(24)26)27-9-10-28-32(23(27)2)38-34(39-33(28)40(18-19-42)15-7-14-37-3)44-22-35-12-5-16-41(35)17-6-13-35/h1,8-11,19-21,37,43H,5-7,12-18,22H2,2-3H3. The van der Waals surface area contributed by atoms with E-state index in [1.54, 1.807) is 18.2 Å². The summed E-state index contributed by atoms with van der Waals surface area (Å²) in [6, 6.07) is 10.2. The third-order valence-corrected chi connectivity index (χ3v) is 9.30. The summed E-state index contributed by atoms with van der Waals surface area (Å²) in [6.07, 6.45) is 12.0. The molecule has 8 nitrogen and oxygen atoms in total. The van der Waals surface area contributed by atoms with Crippen molar-refractivity contribution in [3.8, 4) is 35.2 Å². The minimum Gasteiger partial charge on any atom is -0.508 e. The fourth-order valence-corrected chi connectivity index (χ4v) is 7.15. The molecule has 0 radical (unpaired) electrons. The van der Waals surface area contributed by atoms with Crippen molar-refractivity contribution >= 4 is 33.8 Å². The number of aryl methyl sites for hydroxylation is 1. The van der Waals surface area contributed by atoms with Gasteiger partial charge in [-0.3, -0.25) is 4.90 Å².